The first kappa shape index (κ1) is 12.3. The van der Waals surface area contributed by atoms with Gasteiger partial charge in [0.1, 0.15) is 0 Å². The molecular weight excluding hydrogens is 220 g/mol. The highest BCUT2D eigenvalue weighted by Crippen LogP contribution is 2.36. The molecule has 0 radical (unpaired) electrons. The summed E-state index contributed by atoms with van der Waals surface area (Å²) in [6.07, 6.45) is 12.1. The van der Waals surface area contributed by atoms with Crippen LogP contribution in [0, 0.1) is 6.92 Å². The fourth-order valence-electron chi connectivity index (χ4n) is 3.98. The molecule has 1 aromatic heterocycles. The van der Waals surface area contributed by atoms with Crippen LogP contribution in [0.5, 0.6) is 0 Å². The van der Waals surface area contributed by atoms with Gasteiger partial charge in [-0.15, -0.1) is 0 Å². The third-order valence-corrected chi connectivity index (χ3v) is 4.89. The van der Waals surface area contributed by atoms with Gasteiger partial charge in [-0.05, 0) is 50.7 Å². The van der Waals surface area contributed by atoms with E-state index in [1.165, 1.54) is 69.0 Å². The van der Waals surface area contributed by atoms with Crippen molar-refractivity contribution in [3.8, 4) is 0 Å². The van der Waals surface area contributed by atoms with Crippen LogP contribution in [0.15, 0.2) is 6.07 Å². The monoisotopic (exact) mass is 246 g/mol. The molecular formula is C16H26N2. The maximum atomic E-state index is 6.28. The summed E-state index contributed by atoms with van der Waals surface area (Å²) >= 11 is 0. The van der Waals surface area contributed by atoms with Gasteiger partial charge in [-0.3, -0.25) is 0 Å². The van der Waals surface area contributed by atoms with Crippen molar-refractivity contribution in [3.05, 3.63) is 23.0 Å². The van der Waals surface area contributed by atoms with Crippen LogP contribution in [0.2, 0.25) is 0 Å². The van der Waals surface area contributed by atoms with Crippen molar-refractivity contribution < 1.29 is 0 Å². The Morgan fingerprint density at radius 2 is 1.78 bits per heavy atom. The predicted octanol–water partition coefficient (Wildman–Crippen LogP) is 4.03. The van der Waals surface area contributed by atoms with Crippen LogP contribution in [0.1, 0.15) is 80.4 Å². The second-order valence-electron chi connectivity index (χ2n) is 6.20. The summed E-state index contributed by atoms with van der Waals surface area (Å²) in [5.41, 5.74) is 10.7. The van der Waals surface area contributed by atoms with Crippen molar-refractivity contribution in [2.75, 3.05) is 0 Å². The molecule has 1 heterocycles. The number of rotatable bonds is 1. The molecule has 18 heavy (non-hydrogen) atoms. The summed E-state index contributed by atoms with van der Waals surface area (Å²) < 4.78 is 2.65. The zero-order chi connectivity index (χ0) is 12.5. The lowest BCUT2D eigenvalue weighted by atomic mass is 9.93. The minimum Gasteiger partial charge on any atom is -0.346 e. The first-order valence-corrected chi connectivity index (χ1v) is 7.73. The van der Waals surface area contributed by atoms with Gasteiger partial charge in [0.2, 0.25) is 0 Å². The van der Waals surface area contributed by atoms with Crippen LogP contribution in [0.3, 0.4) is 0 Å². The maximum absolute atomic E-state index is 6.28. The average molecular weight is 246 g/mol. The first-order chi connectivity index (χ1) is 8.77. The van der Waals surface area contributed by atoms with E-state index in [2.05, 4.69) is 17.6 Å². The highest BCUT2D eigenvalue weighted by Gasteiger charge is 2.25. The van der Waals surface area contributed by atoms with E-state index >= 15 is 0 Å². The molecule has 1 unspecified atom stereocenters. The first-order valence-electron chi connectivity index (χ1n) is 7.73. The van der Waals surface area contributed by atoms with Crippen LogP contribution in [-0.4, -0.2) is 4.57 Å². The molecule has 0 aromatic carbocycles. The predicted molar refractivity (Wildman–Crippen MR) is 75.8 cm³/mol. The molecule has 3 rings (SSSR count). The summed E-state index contributed by atoms with van der Waals surface area (Å²) in [4.78, 5) is 0. The Morgan fingerprint density at radius 3 is 2.50 bits per heavy atom. The molecule has 2 N–H and O–H groups in total. The molecule has 0 amide bonds. The molecule has 2 nitrogen and oxygen atoms in total. The zero-order valence-electron chi connectivity index (χ0n) is 11.6. The van der Waals surface area contributed by atoms with Gasteiger partial charge in [0.05, 0.1) is 0 Å². The van der Waals surface area contributed by atoms with E-state index in [-0.39, 0.29) is 0 Å². The van der Waals surface area contributed by atoms with E-state index in [1.807, 2.05) is 0 Å². The fraction of sp³-hybridized carbons (Fsp3) is 0.750. The van der Waals surface area contributed by atoms with Gasteiger partial charge in [-0.25, -0.2) is 0 Å². The van der Waals surface area contributed by atoms with Crippen molar-refractivity contribution in [2.45, 2.75) is 76.8 Å². The Kier molecular flexibility index (Phi) is 3.47. The Labute approximate surface area is 111 Å². The van der Waals surface area contributed by atoms with E-state index in [0.29, 0.717) is 6.04 Å². The Morgan fingerprint density at radius 1 is 1.06 bits per heavy atom. The van der Waals surface area contributed by atoms with Crippen LogP contribution in [0.4, 0.5) is 0 Å². The summed E-state index contributed by atoms with van der Waals surface area (Å²) in [6.45, 7) is 2.27. The van der Waals surface area contributed by atoms with E-state index in [9.17, 15) is 0 Å². The third kappa shape index (κ3) is 2.11. The van der Waals surface area contributed by atoms with Crippen molar-refractivity contribution >= 4 is 0 Å². The van der Waals surface area contributed by atoms with Crippen LogP contribution in [0.25, 0.3) is 0 Å². The lowest BCUT2D eigenvalue weighted by molar-refractivity contribution is 0.415. The van der Waals surface area contributed by atoms with E-state index in [0.717, 1.165) is 6.04 Å². The topological polar surface area (TPSA) is 30.9 Å². The van der Waals surface area contributed by atoms with Crippen LogP contribution < -0.4 is 5.73 Å². The largest absolute Gasteiger partial charge is 0.346 e. The van der Waals surface area contributed by atoms with Crippen molar-refractivity contribution in [3.63, 3.8) is 0 Å². The van der Waals surface area contributed by atoms with Gasteiger partial charge in [-0.2, -0.15) is 0 Å². The lowest BCUT2D eigenvalue weighted by Gasteiger charge is -2.26. The fourth-order valence-corrected chi connectivity index (χ4v) is 3.98. The van der Waals surface area contributed by atoms with Crippen LogP contribution >= 0.6 is 0 Å². The average Bonchev–Trinajstić information content (AvgIpc) is 2.54. The summed E-state index contributed by atoms with van der Waals surface area (Å²) in [5, 5.41) is 0. The quantitative estimate of drug-likeness (QED) is 0.745. The number of nitrogens with zero attached hydrogens (tertiary/aromatic N) is 1. The minimum absolute atomic E-state index is 0.291. The molecule has 2 heteroatoms. The highest BCUT2D eigenvalue weighted by atomic mass is 15.0. The minimum atomic E-state index is 0.291. The number of hydrogen-bond acceptors (Lipinski definition) is 1. The smallest absolute Gasteiger partial charge is 0.0336 e. The van der Waals surface area contributed by atoms with Gasteiger partial charge in [-0.1, -0.05) is 25.7 Å². The second kappa shape index (κ2) is 5.08. The van der Waals surface area contributed by atoms with Gasteiger partial charge in [0.25, 0.3) is 0 Å². The molecule has 100 valence electrons. The third-order valence-electron chi connectivity index (χ3n) is 4.89. The van der Waals surface area contributed by atoms with E-state index < -0.39 is 0 Å². The Hall–Kier alpha value is -0.760. The molecule has 1 aromatic rings. The van der Waals surface area contributed by atoms with Crippen LogP contribution in [-0.2, 0) is 6.42 Å². The molecule has 0 bridgehead atoms. The number of aryl methyl sites for hydroxylation is 1. The van der Waals surface area contributed by atoms with Gasteiger partial charge >= 0.3 is 0 Å². The summed E-state index contributed by atoms with van der Waals surface area (Å²) in [5.74, 6) is 0. The van der Waals surface area contributed by atoms with Gasteiger partial charge < -0.3 is 10.3 Å². The molecule has 1 fully saturated rings. The highest BCUT2D eigenvalue weighted by molar-refractivity contribution is 5.33. The molecule has 0 aliphatic heterocycles. The summed E-state index contributed by atoms with van der Waals surface area (Å²) in [7, 11) is 0. The number of nitrogens with two attached hydrogens (primary N) is 1. The molecule has 0 saturated heterocycles. The number of hydrogen-bond donors (Lipinski definition) is 1. The second-order valence-corrected chi connectivity index (χ2v) is 6.20. The Balaban J connectivity index is 1.95. The maximum Gasteiger partial charge on any atom is 0.0336 e. The van der Waals surface area contributed by atoms with Gasteiger partial charge in [0, 0.05) is 23.5 Å². The van der Waals surface area contributed by atoms with Gasteiger partial charge in [0.15, 0.2) is 0 Å². The lowest BCUT2D eigenvalue weighted by Crippen LogP contribution is -2.20. The van der Waals surface area contributed by atoms with E-state index in [4.69, 9.17) is 5.73 Å². The Bertz CT molecular complexity index is 411. The molecule has 2 aliphatic rings. The standard InChI is InChI=1S/C16H26N2/c1-12-11-14-15(17)9-6-10-16(14)18(12)13-7-4-2-3-5-8-13/h11,13,15H,2-10,17H2,1H3. The molecule has 0 spiro atoms. The van der Waals surface area contributed by atoms with Crippen molar-refractivity contribution in [2.24, 2.45) is 5.73 Å². The number of fused-ring (bicyclic) bond motifs is 1. The molecule has 1 atom stereocenters. The molecule has 2 aliphatic carbocycles. The SMILES string of the molecule is Cc1cc2c(n1C1CCCCCC1)CCCC2N. The summed E-state index contributed by atoms with van der Waals surface area (Å²) in [6, 6.07) is 3.41. The van der Waals surface area contributed by atoms with Crippen molar-refractivity contribution in [1.29, 1.82) is 0 Å². The van der Waals surface area contributed by atoms with Crippen molar-refractivity contribution in [1.82, 2.24) is 4.57 Å². The van der Waals surface area contributed by atoms with E-state index in [1.54, 1.807) is 5.69 Å². The normalized spacial score (nSPS) is 25.8. The molecule has 1 saturated carbocycles. The zero-order valence-corrected chi connectivity index (χ0v) is 11.6. The number of aromatic nitrogens is 1.